The number of hydrogen-bond donors (Lipinski definition) is 2. The van der Waals surface area contributed by atoms with Gasteiger partial charge in [-0.2, -0.15) is 26.3 Å². The first kappa shape index (κ1) is 29.7. The highest BCUT2D eigenvalue weighted by Gasteiger charge is 2.35. The van der Waals surface area contributed by atoms with Gasteiger partial charge < -0.3 is 15.5 Å². The molecule has 1 aliphatic rings. The highest BCUT2D eigenvalue weighted by molar-refractivity contribution is 6.20. The summed E-state index contributed by atoms with van der Waals surface area (Å²) < 4.78 is 75.8. The maximum Gasteiger partial charge on any atom is 0.389 e. The van der Waals surface area contributed by atoms with Crippen molar-refractivity contribution in [1.82, 2.24) is 10.6 Å². The molecule has 0 fully saturated rings. The summed E-state index contributed by atoms with van der Waals surface area (Å²) in [5.74, 6) is -2.73. The van der Waals surface area contributed by atoms with E-state index in [1.807, 2.05) is 0 Å². The van der Waals surface area contributed by atoms with Crippen molar-refractivity contribution in [3.63, 3.8) is 0 Å². The fourth-order valence-corrected chi connectivity index (χ4v) is 3.91. The van der Waals surface area contributed by atoms with E-state index in [1.165, 1.54) is 6.92 Å². The molecule has 0 bridgehead atoms. The van der Waals surface area contributed by atoms with Crippen molar-refractivity contribution in [1.29, 1.82) is 0 Å². The van der Waals surface area contributed by atoms with Gasteiger partial charge in [-0.15, -0.1) is 0 Å². The molecule has 1 heterocycles. The van der Waals surface area contributed by atoms with Crippen molar-refractivity contribution in [2.45, 2.75) is 57.2 Å². The molecular weight excluding hydrogens is 530 g/mol. The predicted octanol–water partition coefficient (Wildman–Crippen LogP) is 4.50. The van der Waals surface area contributed by atoms with Gasteiger partial charge in [-0.1, -0.05) is 48.5 Å². The molecule has 210 valence electrons. The Morgan fingerprint density at radius 3 is 2.21 bits per heavy atom. The topological polar surface area (TPSA) is 90.9 Å². The fourth-order valence-electron chi connectivity index (χ4n) is 3.91. The molecule has 0 spiro atoms. The number of fused-ring (bicyclic) bond motifs is 1. The van der Waals surface area contributed by atoms with Crippen LogP contribution in [0.3, 0.4) is 0 Å². The molecule has 3 amide bonds. The minimum Gasteiger partial charge on any atom is -0.345 e. The third-order valence-corrected chi connectivity index (χ3v) is 5.78. The van der Waals surface area contributed by atoms with Crippen molar-refractivity contribution >= 4 is 29.1 Å². The van der Waals surface area contributed by atoms with Crippen LogP contribution in [0.4, 0.5) is 32.0 Å². The number of nitrogens with zero attached hydrogens (tertiary/aromatic N) is 2. The van der Waals surface area contributed by atoms with Crippen LogP contribution < -0.4 is 15.5 Å². The zero-order valence-electron chi connectivity index (χ0n) is 20.8. The lowest BCUT2D eigenvalue weighted by atomic mass is 10.00. The van der Waals surface area contributed by atoms with Gasteiger partial charge in [-0.05, 0) is 19.4 Å². The number of benzene rings is 2. The van der Waals surface area contributed by atoms with Gasteiger partial charge in [-0.3, -0.25) is 14.4 Å². The maximum absolute atomic E-state index is 13.5. The number of rotatable bonds is 9. The average Bonchev–Trinajstić information content (AvgIpc) is 2.97. The molecule has 2 atom stereocenters. The van der Waals surface area contributed by atoms with Crippen molar-refractivity contribution in [3.05, 3.63) is 65.7 Å². The molecule has 2 N–H and O–H groups in total. The van der Waals surface area contributed by atoms with Crippen molar-refractivity contribution in [2.24, 2.45) is 4.99 Å². The number of para-hydroxylation sites is 1. The smallest absolute Gasteiger partial charge is 0.345 e. The summed E-state index contributed by atoms with van der Waals surface area (Å²) in [5.41, 5.74) is 1.62. The Balaban J connectivity index is 1.90. The zero-order valence-corrected chi connectivity index (χ0v) is 20.8. The Kier molecular flexibility index (Phi) is 9.36. The number of amides is 3. The van der Waals surface area contributed by atoms with Crippen molar-refractivity contribution in [3.8, 4) is 0 Å². The van der Waals surface area contributed by atoms with Crippen molar-refractivity contribution < 1.29 is 40.7 Å². The number of alkyl halides is 6. The number of carbonyl (C=O) groups excluding carboxylic acids is 3. The summed E-state index contributed by atoms with van der Waals surface area (Å²) in [6, 6.07) is 13.8. The van der Waals surface area contributed by atoms with Gasteiger partial charge in [0.05, 0.1) is 17.8 Å². The summed E-state index contributed by atoms with van der Waals surface area (Å²) in [6.07, 6.45) is -14.4. The van der Waals surface area contributed by atoms with Crippen LogP contribution in [-0.2, 0) is 14.4 Å². The molecular formula is C26H26F6N4O3. The van der Waals surface area contributed by atoms with Crippen LogP contribution in [0.1, 0.15) is 43.7 Å². The second-order valence-electron chi connectivity index (χ2n) is 8.88. The van der Waals surface area contributed by atoms with E-state index < -0.39 is 68.0 Å². The van der Waals surface area contributed by atoms with Gasteiger partial charge in [-0.25, -0.2) is 4.99 Å². The minimum absolute atomic E-state index is 0.296. The van der Waals surface area contributed by atoms with Gasteiger partial charge in [0.15, 0.2) is 0 Å². The van der Waals surface area contributed by atoms with Crippen LogP contribution in [0, 0.1) is 0 Å². The quantitative estimate of drug-likeness (QED) is 0.446. The van der Waals surface area contributed by atoms with Crippen LogP contribution >= 0.6 is 0 Å². The van der Waals surface area contributed by atoms with Crippen LogP contribution in [0.25, 0.3) is 0 Å². The molecule has 2 aromatic rings. The lowest BCUT2D eigenvalue weighted by Crippen LogP contribution is -2.53. The number of halogens is 6. The predicted molar refractivity (Wildman–Crippen MR) is 131 cm³/mol. The summed E-state index contributed by atoms with van der Waals surface area (Å²) >= 11 is 0. The molecule has 0 saturated carbocycles. The first-order valence-corrected chi connectivity index (χ1v) is 12.0. The standard InChI is InChI=1S/C26H26F6N4O3/c1-16(33-20(37)12-14-26(30,31)32)23(38)35-22-24(39)36(15-7-13-25(27,28)29)19-11-6-5-10-18(19)21(34-22)17-8-3-2-4-9-17/h2-6,8-11,16,22H,7,12-15H2,1H3,(H,33,37)(H,35,38)/t16-,22?/m0/s1. The van der Waals surface area contributed by atoms with E-state index in [4.69, 9.17) is 0 Å². The fraction of sp³-hybridized carbons (Fsp3) is 0.385. The molecule has 39 heavy (non-hydrogen) atoms. The first-order chi connectivity index (χ1) is 18.2. The van der Waals surface area contributed by atoms with Gasteiger partial charge in [0.25, 0.3) is 5.91 Å². The number of anilines is 1. The Morgan fingerprint density at radius 2 is 1.56 bits per heavy atom. The van der Waals surface area contributed by atoms with Crippen LogP contribution in [-0.4, -0.2) is 54.5 Å². The zero-order chi connectivity index (χ0) is 28.8. The number of carbonyl (C=O) groups is 3. The molecule has 2 aromatic carbocycles. The van der Waals surface area contributed by atoms with Gasteiger partial charge in [0.2, 0.25) is 18.0 Å². The third kappa shape index (κ3) is 8.55. The lowest BCUT2D eigenvalue weighted by molar-refractivity contribution is -0.144. The lowest BCUT2D eigenvalue weighted by Gasteiger charge is -2.26. The van der Waals surface area contributed by atoms with Gasteiger partial charge >= 0.3 is 12.4 Å². The Morgan fingerprint density at radius 1 is 0.949 bits per heavy atom. The molecule has 0 saturated heterocycles. The number of aliphatic imine (C=N–C) groups is 1. The highest BCUT2D eigenvalue weighted by Crippen LogP contribution is 2.30. The SMILES string of the molecule is C[C@H](NC(=O)CCC(F)(F)F)C(=O)NC1N=C(c2ccccc2)c2ccccc2N(CCCC(F)(F)F)C1=O. The molecule has 1 unspecified atom stereocenters. The molecule has 7 nitrogen and oxygen atoms in total. The minimum atomic E-state index is -4.55. The van der Waals surface area contributed by atoms with E-state index in [-0.39, 0.29) is 6.54 Å². The van der Waals surface area contributed by atoms with Gasteiger partial charge in [0, 0.05) is 30.5 Å². The van der Waals surface area contributed by atoms with Gasteiger partial charge in [0.1, 0.15) is 6.04 Å². The molecule has 3 rings (SSSR count). The molecule has 13 heteroatoms. The summed E-state index contributed by atoms with van der Waals surface area (Å²) in [4.78, 5) is 43.8. The first-order valence-electron chi connectivity index (χ1n) is 12.0. The maximum atomic E-state index is 13.5. The van der Waals surface area contributed by atoms with Crippen LogP contribution in [0.2, 0.25) is 0 Å². The summed E-state index contributed by atoms with van der Waals surface area (Å²) in [5, 5.41) is 4.53. The normalized spacial score (nSPS) is 16.6. The highest BCUT2D eigenvalue weighted by atomic mass is 19.4. The van der Waals surface area contributed by atoms with E-state index in [1.54, 1.807) is 54.6 Å². The third-order valence-electron chi connectivity index (χ3n) is 5.78. The van der Waals surface area contributed by atoms with E-state index in [9.17, 15) is 40.7 Å². The second kappa shape index (κ2) is 12.3. The molecule has 0 radical (unpaired) electrons. The second-order valence-corrected chi connectivity index (χ2v) is 8.88. The monoisotopic (exact) mass is 556 g/mol. The Bertz CT molecular complexity index is 1210. The van der Waals surface area contributed by atoms with E-state index in [2.05, 4.69) is 15.6 Å². The van der Waals surface area contributed by atoms with E-state index >= 15 is 0 Å². The van der Waals surface area contributed by atoms with E-state index in [0.717, 1.165) is 4.90 Å². The molecule has 0 aromatic heterocycles. The number of hydrogen-bond acceptors (Lipinski definition) is 4. The number of nitrogens with one attached hydrogen (secondary N) is 2. The molecule has 0 aliphatic carbocycles. The van der Waals surface area contributed by atoms with Crippen molar-refractivity contribution in [2.75, 3.05) is 11.4 Å². The summed E-state index contributed by atoms with van der Waals surface area (Å²) in [6.45, 7) is 0.905. The van der Waals surface area contributed by atoms with E-state index in [0.29, 0.717) is 22.5 Å². The van der Waals surface area contributed by atoms with Crippen LogP contribution in [0.5, 0.6) is 0 Å². The Hall–Kier alpha value is -3.90. The Labute approximate surface area is 220 Å². The molecule has 1 aliphatic heterocycles. The average molecular weight is 557 g/mol. The summed E-state index contributed by atoms with van der Waals surface area (Å²) in [7, 11) is 0. The largest absolute Gasteiger partial charge is 0.389 e. The van der Waals surface area contributed by atoms with Crippen LogP contribution in [0.15, 0.2) is 59.6 Å². The number of benzodiazepines with no additional fused rings is 1.